The highest BCUT2D eigenvalue weighted by Crippen LogP contribution is 2.22. The van der Waals surface area contributed by atoms with Crippen LogP contribution in [0.1, 0.15) is 17.5 Å². The predicted molar refractivity (Wildman–Crippen MR) is 73.8 cm³/mol. The standard InChI is InChI=1S/C14H18N4O/c1-16-10-11-2-3-13(12(8-11)9-15)18-6-4-14(19)17-5-7-18/h2-3,8,16H,4-7,10H2,1H3,(H,17,19). The molecule has 0 radical (unpaired) electrons. The molecule has 1 fully saturated rings. The summed E-state index contributed by atoms with van der Waals surface area (Å²) in [7, 11) is 1.88. The minimum atomic E-state index is 0.0767. The van der Waals surface area contributed by atoms with Crippen LogP contribution in [0, 0.1) is 11.3 Å². The number of hydrogen-bond acceptors (Lipinski definition) is 4. The van der Waals surface area contributed by atoms with Crippen LogP contribution in [0.2, 0.25) is 0 Å². The van der Waals surface area contributed by atoms with Crippen LogP contribution in [-0.2, 0) is 11.3 Å². The molecule has 2 rings (SSSR count). The van der Waals surface area contributed by atoms with Gasteiger partial charge in [-0.2, -0.15) is 5.26 Å². The maximum Gasteiger partial charge on any atom is 0.221 e. The van der Waals surface area contributed by atoms with Crippen molar-refractivity contribution in [2.24, 2.45) is 0 Å². The molecule has 0 aliphatic carbocycles. The fourth-order valence-electron chi connectivity index (χ4n) is 2.27. The lowest BCUT2D eigenvalue weighted by atomic mass is 10.1. The molecule has 0 saturated carbocycles. The lowest BCUT2D eigenvalue weighted by Gasteiger charge is -2.23. The first-order valence-corrected chi connectivity index (χ1v) is 6.44. The zero-order valence-electron chi connectivity index (χ0n) is 11.1. The molecule has 0 aromatic heterocycles. The Labute approximate surface area is 113 Å². The van der Waals surface area contributed by atoms with Crippen molar-refractivity contribution in [1.82, 2.24) is 10.6 Å². The zero-order chi connectivity index (χ0) is 13.7. The van der Waals surface area contributed by atoms with Gasteiger partial charge < -0.3 is 15.5 Å². The van der Waals surface area contributed by atoms with Gasteiger partial charge in [-0.1, -0.05) is 6.07 Å². The van der Waals surface area contributed by atoms with E-state index in [2.05, 4.69) is 21.6 Å². The maximum atomic E-state index is 11.3. The van der Waals surface area contributed by atoms with Gasteiger partial charge in [0.05, 0.1) is 11.3 Å². The highest BCUT2D eigenvalue weighted by Gasteiger charge is 2.16. The number of rotatable bonds is 3. The molecule has 0 atom stereocenters. The molecule has 2 N–H and O–H groups in total. The van der Waals surface area contributed by atoms with Crippen LogP contribution < -0.4 is 15.5 Å². The average molecular weight is 258 g/mol. The number of hydrogen-bond donors (Lipinski definition) is 2. The lowest BCUT2D eigenvalue weighted by molar-refractivity contribution is -0.120. The fraction of sp³-hybridized carbons (Fsp3) is 0.429. The second kappa shape index (κ2) is 6.21. The minimum Gasteiger partial charge on any atom is -0.368 e. The smallest absolute Gasteiger partial charge is 0.221 e. The second-order valence-electron chi connectivity index (χ2n) is 4.58. The molecule has 1 aromatic rings. The van der Waals surface area contributed by atoms with E-state index in [1.165, 1.54) is 0 Å². The van der Waals surface area contributed by atoms with Gasteiger partial charge in [0.15, 0.2) is 0 Å². The maximum absolute atomic E-state index is 11.3. The highest BCUT2D eigenvalue weighted by molar-refractivity contribution is 5.77. The molecular weight excluding hydrogens is 240 g/mol. The van der Waals surface area contributed by atoms with Gasteiger partial charge in [-0.25, -0.2) is 0 Å². The number of carbonyl (C=O) groups is 1. The molecule has 1 saturated heterocycles. The van der Waals surface area contributed by atoms with Gasteiger partial charge in [0.1, 0.15) is 6.07 Å². The Kier molecular flexibility index (Phi) is 4.37. The number of carbonyl (C=O) groups excluding carboxylic acids is 1. The lowest BCUT2D eigenvalue weighted by Crippen LogP contribution is -2.29. The third kappa shape index (κ3) is 3.24. The zero-order valence-corrected chi connectivity index (χ0v) is 11.1. The van der Waals surface area contributed by atoms with Crippen LogP contribution >= 0.6 is 0 Å². The van der Waals surface area contributed by atoms with E-state index in [0.29, 0.717) is 25.1 Å². The van der Waals surface area contributed by atoms with E-state index >= 15 is 0 Å². The molecule has 1 aliphatic heterocycles. The summed E-state index contributed by atoms with van der Waals surface area (Å²) < 4.78 is 0. The predicted octanol–water partition coefficient (Wildman–Crippen LogP) is 0.604. The van der Waals surface area contributed by atoms with E-state index in [-0.39, 0.29) is 5.91 Å². The minimum absolute atomic E-state index is 0.0767. The molecule has 1 heterocycles. The second-order valence-corrected chi connectivity index (χ2v) is 4.58. The molecule has 1 aliphatic rings. The summed E-state index contributed by atoms with van der Waals surface area (Å²) in [5, 5.41) is 15.2. The monoisotopic (exact) mass is 258 g/mol. The average Bonchev–Trinajstić information content (AvgIpc) is 2.64. The number of nitrogens with zero attached hydrogens (tertiary/aromatic N) is 2. The Morgan fingerprint density at radius 2 is 2.32 bits per heavy atom. The Morgan fingerprint density at radius 3 is 3.05 bits per heavy atom. The first kappa shape index (κ1) is 13.4. The summed E-state index contributed by atoms with van der Waals surface area (Å²) in [4.78, 5) is 13.4. The first-order chi connectivity index (χ1) is 9.24. The van der Waals surface area contributed by atoms with Crippen LogP contribution in [-0.4, -0.2) is 32.6 Å². The van der Waals surface area contributed by atoms with Crippen LogP contribution in [0.25, 0.3) is 0 Å². The molecule has 1 amide bonds. The molecule has 0 bridgehead atoms. The van der Waals surface area contributed by atoms with Crippen molar-refractivity contribution in [2.75, 3.05) is 31.6 Å². The molecule has 0 unspecified atom stereocenters. The molecule has 5 nitrogen and oxygen atoms in total. The normalized spacial score (nSPS) is 15.6. The molecule has 1 aromatic carbocycles. The van der Waals surface area contributed by atoms with Crippen molar-refractivity contribution in [3.8, 4) is 6.07 Å². The summed E-state index contributed by atoms with van der Waals surface area (Å²) in [6, 6.07) is 8.15. The Bertz CT molecular complexity index is 507. The molecule has 100 valence electrons. The van der Waals surface area contributed by atoms with Crippen molar-refractivity contribution in [2.45, 2.75) is 13.0 Å². The van der Waals surface area contributed by atoms with Crippen molar-refractivity contribution >= 4 is 11.6 Å². The third-order valence-corrected chi connectivity index (χ3v) is 3.22. The number of anilines is 1. The molecular formula is C14H18N4O. The fourth-order valence-corrected chi connectivity index (χ4v) is 2.27. The van der Waals surface area contributed by atoms with Crippen LogP contribution in [0.15, 0.2) is 18.2 Å². The van der Waals surface area contributed by atoms with Gasteiger partial charge >= 0.3 is 0 Å². The van der Waals surface area contributed by atoms with E-state index in [0.717, 1.165) is 24.3 Å². The van der Waals surface area contributed by atoms with Crippen molar-refractivity contribution < 1.29 is 4.79 Å². The first-order valence-electron chi connectivity index (χ1n) is 6.44. The largest absolute Gasteiger partial charge is 0.368 e. The van der Waals surface area contributed by atoms with Gasteiger partial charge in [0, 0.05) is 32.6 Å². The van der Waals surface area contributed by atoms with E-state index in [4.69, 9.17) is 0 Å². The summed E-state index contributed by atoms with van der Waals surface area (Å²) in [6.45, 7) is 2.77. The van der Waals surface area contributed by atoms with Crippen molar-refractivity contribution in [3.63, 3.8) is 0 Å². The number of nitriles is 1. The summed E-state index contributed by atoms with van der Waals surface area (Å²) >= 11 is 0. The summed E-state index contributed by atoms with van der Waals surface area (Å²) in [6.07, 6.45) is 0.475. The van der Waals surface area contributed by atoms with Gasteiger partial charge in [0.25, 0.3) is 0 Å². The van der Waals surface area contributed by atoms with E-state index in [9.17, 15) is 10.1 Å². The van der Waals surface area contributed by atoms with Gasteiger partial charge in [-0.15, -0.1) is 0 Å². The van der Waals surface area contributed by atoms with Crippen LogP contribution in [0.4, 0.5) is 5.69 Å². The number of benzene rings is 1. The van der Waals surface area contributed by atoms with Gasteiger partial charge in [-0.3, -0.25) is 4.79 Å². The van der Waals surface area contributed by atoms with Gasteiger partial charge in [0.2, 0.25) is 5.91 Å². The number of amides is 1. The van der Waals surface area contributed by atoms with Crippen molar-refractivity contribution in [1.29, 1.82) is 5.26 Å². The SMILES string of the molecule is CNCc1ccc(N2CCNC(=O)CC2)c(C#N)c1. The molecule has 19 heavy (non-hydrogen) atoms. The molecule has 5 heteroatoms. The third-order valence-electron chi connectivity index (χ3n) is 3.22. The Hall–Kier alpha value is -2.06. The van der Waals surface area contributed by atoms with Gasteiger partial charge in [-0.05, 0) is 24.7 Å². The Balaban J connectivity index is 2.23. The number of nitrogens with one attached hydrogen (secondary N) is 2. The summed E-state index contributed by atoms with van der Waals surface area (Å²) in [5.74, 6) is 0.0767. The van der Waals surface area contributed by atoms with E-state index in [1.807, 2.05) is 25.2 Å². The van der Waals surface area contributed by atoms with E-state index < -0.39 is 0 Å². The quantitative estimate of drug-likeness (QED) is 0.833. The van der Waals surface area contributed by atoms with Crippen molar-refractivity contribution in [3.05, 3.63) is 29.3 Å². The molecule has 0 spiro atoms. The van der Waals surface area contributed by atoms with E-state index in [1.54, 1.807) is 0 Å². The Morgan fingerprint density at radius 1 is 1.47 bits per heavy atom. The highest BCUT2D eigenvalue weighted by atomic mass is 16.1. The van der Waals surface area contributed by atoms with Crippen LogP contribution in [0.5, 0.6) is 0 Å². The summed E-state index contributed by atoms with van der Waals surface area (Å²) in [5.41, 5.74) is 2.67. The van der Waals surface area contributed by atoms with Crippen LogP contribution in [0.3, 0.4) is 0 Å². The topological polar surface area (TPSA) is 68.2 Å².